The lowest BCUT2D eigenvalue weighted by Gasteiger charge is -2.25. The molecule has 3 rings (SSSR count). The Labute approximate surface area is 160 Å². The molecule has 2 heterocycles. The number of carbonyl (C=O) groups excluding carboxylic acids is 1. The molecule has 2 aromatic heterocycles. The van der Waals surface area contributed by atoms with Crippen LogP contribution in [0.3, 0.4) is 0 Å². The van der Waals surface area contributed by atoms with Crippen LogP contribution in [0.15, 0.2) is 53.2 Å². The van der Waals surface area contributed by atoms with Crippen molar-refractivity contribution in [1.82, 2.24) is 14.7 Å². The van der Waals surface area contributed by atoms with Crippen LogP contribution in [0.25, 0.3) is 11.3 Å². The minimum Gasteiger partial charge on any atom is -0.451 e. The minimum atomic E-state index is -4.45. The summed E-state index contributed by atoms with van der Waals surface area (Å²) in [5.74, 6) is -0.0541. The Kier molecular flexibility index (Phi) is 5.31. The van der Waals surface area contributed by atoms with Gasteiger partial charge in [0.05, 0.1) is 11.8 Å². The van der Waals surface area contributed by atoms with E-state index in [1.54, 1.807) is 22.8 Å². The number of aryl methyl sites for hydroxylation is 1. The summed E-state index contributed by atoms with van der Waals surface area (Å²) in [5.41, 5.74) is 0.362. The van der Waals surface area contributed by atoms with Gasteiger partial charge in [-0.3, -0.25) is 9.48 Å². The molecule has 0 saturated heterocycles. The average Bonchev–Trinajstić information content (AvgIpc) is 3.27. The Morgan fingerprint density at radius 2 is 2.00 bits per heavy atom. The molecule has 0 N–H and O–H groups in total. The number of amides is 1. The van der Waals surface area contributed by atoms with E-state index in [4.69, 9.17) is 4.42 Å². The van der Waals surface area contributed by atoms with E-state index in [1.807, 2.05) is 20.0 Å². The normalized spacial score (nSPS) is 11.8. The molecule has 0 saturated carbocycles. The summed E-state index contributed by atoms with van der Waals surface area (Å²) in [6, 6.07) is 7.70. The molecule has 0 radical (unpaired) electrons. The molecule has 0 spiro atoms. The molecular formula is C20H20F3N3O2. The standard InChI is InChI=1S/C20H20F3N3O2/c1-13(2)26(12-14-10-24-25(3)11-14)19(27)18-8-7-17(28-18)15-5-4-6-16(9-15)20(21,22)23/h4-11,13H,12H2,1-3H3. The van der Waals surface area contributed by atoms with Gasteiger partial charge in [-0.05, 0) is 38.1 Å². The molecule has 8 heteroatoms. The molecule has 0 aliphatic rings. The van der Waals surface area contributed by atoms with E-state index < -0.39 is 11.7 Å². The van der Waals surface area contributed by atoms with Crippen LogP contribution in [-0.4, -0.2) is 26.6 Å². The summed E-state index contributed by atoms with van der Waals surface area (Å²) in [6.45, 7) is 4.11. The predicted octanol–water partition coefficient (Wildman–Crippen LogP) is 4.75. The van der Waals surface area contributed by atoms with Gasteiger partial charge in [0.1, 0.15) is 5.76 Å². The molecule has 3 aromatic rings. The Bertz CT molecular complexity index is 973. The summed E-state index contributed by atoms with van der Waals surface area (Å²) in [6.07, 6.45) is -0.947. The summed E-state index contributed by atoms with van der Waals surface area (Å²) in [5, 5.41) is 4.10. The number of nitrogens with zero attached hydrogens (tertiary/aromatic N) is 3. The van der Waals surface area contributed by atoms with Crippen molar-refractivity contribution in [3.8, 4) is 11.3 Å². The Hall–Kier alpha value is -3.03. The van der Waals surface area contributed by atoms with E-state index in [2.05, 4.69) is 5.10 Å². The van der Waals surface area contributed by atoms with E-state index >= 15 is 0 Å². The molecule has 0 fully saturated rings. The zero-order valence-corrected chi connectivity index (χ0v) is 15.7. The zero-order valence-electron chi connectivity index (χ0n) is 15.7. The van der Waals surface area contributed by atoms with Crippen molar-refractivity contribution in [1.29, 1.82) is 0 Å². The predicted molar refractivity (Wildman–Crippen MR) is 97.4 cm³/mol. The van der Waals surface area contributed by atoms with Crippen molar-refractivity contribution in [2.45, 2.75) is 32.6 Å². The largest absolute Gasteiger partial charge is 0.451 e. The van der Waals surface area contributed by atoms with Crippen LogP contribution in [0.1, 0.15) is 35.5 Å². The first kappa shape index (κ1) is 19.7. The maximum absolute atomic E-state index is 12.9. The van der Waals surface area contributed by atoms with Crippen LogP contribution in [0.5, 0.6) is 0 Å². The van der Waals surface area contributed by atoms with Gasteiger partial charge in [0, 0.05) is 37.0 Å². The van der Waals surface area contributed by atoms with Crippen molar-refractivity contribution >= 4 is 5.91 Å². The quantitative estimate of drug-likeness (QED) is 0.631. The van der Waals surface area contributed by atoms with Crippen LogP contribution < -0.4 is 0 Å². The van der Waals surface area contributed by atoms with E-state index in [0.29, 0.717) is 6.54 Å². The van der Waals surface area contributed by atoms with Crippen LogP contribution in [-0.2, 0) is 19.8 Å². The Balaban J connectivity index is 1.84. The second-order valence-corrected chi connectivity index (χ2v) is 6.79. The molecule has 5 nitrogen and oxygen atoms in total. The van der Waals surface area contributed by atoms with Crippen LogP contribution >= 0.6 is 0 Å². The lowest BCUT2D eigenvalue weighted by Crippen LogP contribution is -2.36. The topological polar surface area (TPSA) is 51.3 Å². The number of benzene rings is 1. The minimum absolute atomic E-state index is 0.0741. The molecular weight excluding hydrogens is 371 g/mol. The van der Waals surface area contributed by atoms with Crippen molar-refractivity contribution < 1.29 is 22.4 Å². The fourth-order valence-corrected chi connectivity index (χ4v) is 2.84. The molecule has 0 aliphatic carbocycles. The van der Waals surface area contributed by atoms with E-state index in [1.165, 1.54) is 24.3 Å². The number of carbonyl (C=O) groups is 1. The maximum Gasteiger partial charge on any atom is 0.416 e. The summed E-state index contributed by atoms with van der Waals surface area (Å²) >= 11 is 0. The highest BCUT2D eigenvalue weighted by atomic mass is 19.4. The summed E-state index contributed by atoms with van der Waals surface area (Å²) < 4.78 is 46.0. The zero-order chi connectivity index (χ0) is 20.5. The third-order valence-corrected chi connectivity index (χ3v) is 4.29. The second-order valence-electron chi connectivity index (χ2n) is 6.79. The number of hydrogen-bond donors (Lipinski definition) is 0. The van der Waals surface area contributed by atoms with Gasteiger partial charge < -0.3 is 9.32 Å². The van der Waals surface area contributed by atoms with Crippen molar-refractivity contribution in [3.05, 3.63) is 65.7 Å². The molecule has 0 bridgehead atoms. The lowest BCUT2D eigenvalue weighted by atomic mass is 10.1. The number of rotatable bonds is 5. The van der Waals surface area contributed by atoms with Gasteiger partial charge in [0.2, 0.25) is 0 Å². The fraction of sp³-hybridized carbons (Fsp3) is 0.300. The van der Waals surface area contributed by atoms with Gasteiger partial charge in [-0.1, -0.05) is 12.1 Å². The first-order valence-corrected chi connectivity index (χ1v) is 8.71. The Morgan fingerprint density at radius 3 is 2.61 bits per heavy atom. The third-order valence-electron chi connectivity index (χ3n) is 4.29. The molecule has 0 atom stereocenters. The van der Waals surface area contributed by atoms with Gasteiger partial charge in [0.25, 0.3) is 5.91 Å². The summed E-state index contributed by atoms with van der Waals surface area (Å²) in [4.78, 5) is 14.5. The van der Waals surface area contributed by atoms with E-state index in [9.17, 15) is 18.0 Å². The highest BCUT2D eigenvalue weighted by molar-refractivity contribution is 5.92. The highest BCUT2D eigenvalue weighted by Crippen LogP contribution is 2.32. The monoisotopic (exact) mass is 391 g/mol. The van der Waals surface area contributed by atoms with Crippen LogP contribution in [0, 0.1) is 0 Å². The number of alkyl halides is 3. The van der Waals surface area contributed by atoms with Crippen molar-refractivity contribution in [2.75, 3.05) is 0 Å². The molecule has 1 amide bonds. The lowest BCUT2D eigenvalue weighted by molar-refractivity contribution is -0.137. The summed E-state index contributed by atoms with van der Waals surface area (Å²) in [7, 11) is 1.79. The molecule has 0 unspecified atom stereocenters. The first-order valence-electron chi connectivity index (χ1n) is 8.71. The van der Waals surface area contributed by atoms with E-state index in [-0.39, 0.29) is 29.0 Å². The second kappa shape index (κ2) is 7.53. The smallest absolute Gasteiger partial charge is 0.416 e. The molecule has 148 valence electrons. The number of aromatic nitrogens is 2. The number of furan rings is 1. The number of halogens is 3. The van der Waals surface area contributed by atoms with Crippen LogP contribution in [0.2, 0.25) is 0 Å². The maximum atomic E-state index is 12.9. The van der Waals surface area contributed by atoms with E-state index in [0.717, 1.165) is 17.7 Å². The molecule has 0 aliphatic heterocycles. The highest BCUT2D eigenvalue weighted by Gasteiger charge is 2.31. The van der Waals surface area contributed by atoms with Crippen LogP contribution in [0.4, 0.5) is 13.2 Å². The molecule has 28 heavy (non-hydrogen) atoms. The van der Waals surface area contributed by atoms with Gasteiger partial charge in [-0.15, -0.1) is 0 Å². The average molecular weight is 391 g/mol. The van der Waals surface area contributed by atoms with Crippen molar-refractivity contribution in [2.24, 2.45) is 7.05 Å². The fourth-order valence-electron chi connectivity index (χ4n) is 2.84. The van der Waals surface area contributed by atoms with Gasteiger partial charge in [0.15, 0.2) is 5.76 Å². The van der Waals surface area contributed by atoms with Gasteiger partial charge >= 0.3 is 6.18 Å². The number of hydrogen-bond acceptors (Lipinski definition) is 3. The third kappa shape index (κ3) is 4.27. The SMILES string of the molecule is CC(C)N(Cc1cnn(C)c1)C(=O)c1ccc(-c2cccc(C(F)(F)F)c2)o1. The van der Waals surface area contributed by atoms with Gasteiger partial charge in [-0.25, -0.2) is 0 Å². The molecule has 1 aromatic carbocycles. The van der Waals surface area contributed by atoms with Crippen molar-refractivity contribution in [3.63, 3.8) is 0 Å². The first-order chi connectivity index (χ1) is 13.1. The van der Waals surface area contributed by atoms with Gasteiger partial charge in [-0.2, -0.15) is 18.3 Å². The Morgan fingerprint density at radius 1 is 1.25 bits per heavy atom.